The lowest BCUT2D eigenvalue weighted by molar-refractivity contribution is 0.668. The van der Waals surface area contributed by atoms with Gasteiger partial charge in [0.05, 0.1) is 0 Å². The smallest absolute Gasteiger partial charge is 0.226 e. The summed E-state index contributed by atoms with van der Waals surface area (Å²) in [5, 5.41) is 4.54. The summed E-state index contributed by atoms with van der Waals surface area (Å²) in [6.07, 6.45) is 1.93. The third-order valence-electron chi connectivity index (χ3n) is 6.58. The Labute approximate surface area is 211 Å². The Morgan fingerprint density at radius 2 is 1.28 bits per heavy atom. The van der Waals surface area contributed by atoms with Crippen molar-refractivity contribution in [2.45, 2.75) is 19.8 Å². The molecule has 0 bridgehead atoms. The van der Waals surface area contributed by atoms with E-state index in [1.807, 2.05) is 60.7 Å². The van der Waals surface area contributed by atoms with Gasteiger partial charge in [-0.1, -0.05) is 55.8 Å². The second kappa shape index (κ2) is 8.18. The van der Waals surface area contributed by atoms with Gasteiger partial charge in [0.1, 0.15) is 22.3 Å². The van der Waals surface area contributed by atoms with Crippen molar-refractivity contribution in [1.29, 1.82) is 0 Å². The molecule has 6 heteroatoms. The summed E-state index contributed by atoms with van der Waals surface area (Å²) in [7, 11) is 0. The maximum absolute atomic E-state index is 6.41. The van der Waals surface area contributed by atoms with Gasteiger partial charge in [0.2, 0.25) is 5.28 Å². The maximum Gasteiger partial charge on any atom is 0.226 e. The van der Waals surface area contributed by atoms with E-state index in [1.165, 1.54) is 5.56 Å². The number of para-hydroxylation sites is 2. The predicted octanol–water partition coefficient (Wildman–Crippen LogP) is 8.61. The van der Waals surface area contributed by atoms with Crippen molar-refractivity contribution in [2.75, 3.05) is 0 Å². The largest absolute Gasteiger partial charge is 0.456 e. The molecule has 0 saturated heterocycles. The summed E-state index contributed by atoms with van der Waals surface area (Å²) < 4.78 is 12.3. The number of furan rings is 2. The Morgan fingerprint density at radius 3 is 2.08 bits per heavy atom. The highest BCUT2D eigenvalue weighted by Gasteiger charge is 2.17. The minimum absolute atomic E-state index is 0.140. The molecule has 36 heavy (non-hydrogen) atoms. The molecule has 0 spiro atoms. The molecule has 0 unspecified atom stereocenters. The summed E-state index contributed by atoms with van der Waals surface area (Å²) in [4.78, 5) is 13.7. The number of halogens is 1. The average Bonchev–Trinajstić information content (AvgIpc) is 3.46. The molecule has 0 amide bonds. The van der Waals surface area contributed by atoms with Crippen LogP contribution in [-0.4, -0.2) is 15.0 Å². The number of aryl methyl sites for hydroxylation is 1. The Morgan fingerprint density at radius 1 is 0.639 bits per heavy atom. The summed E-state index contributed by atoms with van der Waals surface area (Å²) in [6.45, 7) is 2.17. The molecule has 0 radical (unpaired) electrons. The van der Waals surface area contributed by atoms with Crippen molar-refractivity contribution in [2.24, 2.45) is 0 Å². The van der Waals surface area contributed by atoms with Gasteiger partial charge in [-0.05, 0) is 60.0 Å². The van der Waals surface area contributed by atoms with Crippen LogP contribution in [0.2, 0.25) is 5.28 Å². The molecule has 7 aromatic rings. The number of benzene rings is 4. The fourth-order valence-electron chi connectivity index (χ4n) is 5.01. The van der Waals surface area contributed by atoms with Gasteiger partial charge >= 0.3 is 0 Å². The second-order valence-electron chi connectivity index (χ2n) is 8.92. The van der Waals surface area contributed by atoms with Crippen LogP contribution >= 0.6 is 11.6 Å². The summed E-state index contributed by atoms with van der Waals surface area (Å²) in [5.74, 6) is 1.00. The van der Waals surface area contributed by atoms with Crippen molar-refractivity contribution in [3.05, 3.63) is 89.7 Å². The van der Waals surface area contributed by atoms with E-state index in [4.69, 9.17) is 25.4 Å². The van der Waals surface area contributed by atoms with Gasteiger partial charge in [0.25, 0.3) is 0 Å². The topological polar surface area (TPSA) is 65.0 Å². The van der Waals surface area contributed by atoms with E-state index < -0.39 is 0 Å². The predicted molar refractivity (Wildman–Crippen MR) is 144 cm³/mol. The molecule has 0 aliphatic carbocycles. The van der Waals surface area contributed by atoms with E-state index in [-0.39, 0.29) is 5.28 Å². The second-order valence-corrected chi connectivity index (χ2v) is 9.26. The normalized spacial score (nSPS) is 11.8. The quantitative estimate of drug-likeness (QED) is 0.247. The van der Waals surface area contributed by atoms with Crippen molar-refractivity contribution >= 4 is 55.5 Å². The van der Waals surface area contributed by atoms with Gasteiger partial charge in [-0.2, -0.15) is 9.97 Å². The molecule has 3 heterocycles. The Hall–Kier alpha value is -4.22. The lowest BCUT2D eigenvalue weighted by atomic mass is 9.99. The number of rotatable bonds is 4. The van der Waals surface area contributed by atoms with Crippen LogP contribution in [0.3, 0.4) is 0 Å². The van der Waals surface area contributed by atoms with Gasteiger partial charge in [-0.15, -0.1) is 0 Å². The summed E-state index contributed by atoms with van der Waals surface area (Å²) in [5.41, 5.74) is 6.18. The highest BCUT2D eigenvalue weighted by atomic mass is 35.5. The molecular weight excluding hydrogens is 470 g/mol. The minimum Gasteiger partial charge on any atom is -0.456 e. The van der Waals surface area contributed by atoms with Crippen LogP contribution in [0.15, 0.2) is 87.7 Å². The molecule has 0 fully saturated rings. The number of hydrogen-bond acceptors (Lipinski definition) is 5. The fourth-order valence-corrected chi connectivity index (χ4v) is 5.17. The molecule has 7 rings (SSSR count). The zero-order valence-corrected chi connectivity index (χ0v) is 20.2. The van der Waals surface area contributed by atoms with E-state index in [0.29, 0.717) is 11.6 Å². The van der Waals surface area contributed by atoms with E-state index in [0.717, 1.165) is 67.8 Å². The molecule has 0 aliphatic rings. The van der Waals surface area contributed by atoms with Gasteiger partial charge in [0.15, 0.2) is 11.6 Å². The van der Waals surface area contributed by atoms with Crippen LogP contribution in [0.4, 0.5) is 0 Å². The first-order chi connectivity index (χ1) is 17.7. The third-order valence-corrected chi connectivity index (χ3v) is 6.75. The Kier molecular flexibility index (Phi) is 4.79. The number of nitrogens with zero attached hydrogens (tertiary/aromatic N) is 3. The zero-order valence-electron chi connectivity index (χ0n) is 19.5. The van der Waals surface area contributed by atoms with Crippen molar-refractivity contribution in [3.8, 4) is 22.8 Å². The average molecular weight is 490 g/mol. The molecule has 4 aromatic carbocycles. The lowest BCUT2D eigenvalue weighted by Crippen LogP contribution is -1.98. The van der Waals surface area contributed by atoms with E-state index in [1.54, 1.807) is 0 Å². The molecule has 0 saturated carbocycles. The van der Waals surface area contributed by atoms with E-state index >= 15 is 0 Å². The Balaban J connectivity index is 1.39. The molecule has 3 aromatic heterocycles. The van der Waals surface area contributed by atoms with Crippen LogP contribution in [0, 0.1) is 0 Å². The van der Waals surface area contributed by atoms with Gasteiger partial charge in [0, 0.05) is 32.7 Å². The van der Waals surface area contributed by atoms with Crippen LogP contribution in [-0.2, 0) is 6.42 Å². The van der Waals surface area contributed by atoms with E-state index in [2.05, 4.69) is 35.1 Å². The summed E-state index contributed by atoms with van der Waals surface area (Å²) >= 11 is 6.41. The van der Waals surface area contributed by atoms with Crippen molar-refractivity contribution in [3.63, 3.8) is 0 Å². The standard InChI is InChI=1S/C30H20ClN3O2/c1-2-7-17-14-19(16-26-27(17)22-9-4-6-11-24(22)36-26)29-32-28(33-30(31)34-29)18-12-13-21-20-8-3-5-10-23(20)35-25(21)15-18/h3-6,8-16H,2,7H2,1H3. The van der Waals surface area contributed by atoms with Crippen LogP contribution < -0.4 is 0 Å². The van der Waals surface area contributed by atoms with Crippen LogP contribution in [0.25, 0.3) is 66.7 Å². The molecule has 174 valence electrons. The maximum atomic E-state index is 6.41. The molecular formula is C30H20ClN3O2. The van der Waals surface area contributed by atoms with Crippen LogP contribution in [0.5, 0.6) is 0 Å². The monoisotopic (exact) mass is 489 g/mol. The lowest BCUT2D eigenvalue weighted by Gasteiger charge is -2.08. The highest BCUT2D eigenvalue weighted by molar-refractivity contribution is 6.28. The summed E-state index contributed by atoms with van der Waals surface area (Å²) in [6, 6.07) is 26.2. The number of fused-ring (bicyclic) bond motifs is 6. The fraction of sp³-hybridized carbons (Fsp3) is 0.100. The zero-order chi connectivity index (χ0) is 24.2. The van der Waals surface area contributed by atoms with Gasteiger partial charge < -0.3 is 8.83 Å². The van der Waals surface area contributed by atoms with Crippen LogP contribution in [0.1, 0.15) is 18.9 Å². The first-order valence-electron chi connectivity index (χ1n) is 12.0. The molecule has 0 aliphatic heterocycles. The third kappa shape index (κ3) is 3.35. The number of aromatic nitrogens is 3. The molecule has 0 atom stereocenters. The van der Waals surface area contributed by atoms with Crippen molar-refractivity contribution < 1.29 is 8.83 Å². The Bertz CT molecular complexity index is 1940. The van der Waals surface area contributed by atoms with Gasteiger partial charge in [-0.25, -0.2) is 4.98 Å². The highest BCUT2D eigenvalue weighted by Crippen LogP contribution is 2.36. The first-order valence-corrected chi connectivity index (χ1v) is 12.3. The van der Waals surface area contributed by atoms with E-state index in [9.17, 15) is 0 Å². The molecule has 5 nitrogen and oxygen atoms in total. The van der Waals surface area contributed by atoms with Crippen molar-refractivity contribution in [1.82, 2.24) is 15.0 Å². The first kappa shape index (κ1) is 21.1. The number of hydrogen-bond donors (Lipinski definition) is 0. The SMILES string of the molecule is CCCc1cc(-c2nc(Cl)nc(-c3ccc4c(c3)oc3ccccc34)n2)cc2oc3ccccc3c12. The molecule has 0 N–H and O–H groups in total. The minimum atomic E-state index is 0.140. The van der Waals surface area contributed by atoms with Gasteiger partial charge in [-0.3, -0.25) is 0 Å².